The highest BCUT2D eigenvalue weighted by Crippen LogP contribution is 2.32. The molecule has 1 aromatic heterocycles. The third kappa shape index (κ3) is 3.45. The number of para-hydroxylation sites is 1. The first kappa shape index (κ1) is 16.5. The molecule has 0 saturated carbocycles. The van der Waals surface area contributed by atoms with Crippen LogP contribution in [0.5, 0.6) is 5.75 Å². The summed E-state index contributed by atoms with van der Waals surface area (Å²) in [6, 6.07) is 14.5. The van der Waals surface area contributed by atoms with Crippen molar-refractivity contribution in [3.8, 4) is 11.4 Å². The smallest absolute Gasteiger partial charge is 0.311 e. The normalized spacial score (nSPS) is 11.8. The van der Waals surface area contributed by atoms with Crippen molar-refractivity contribution in [3.05, 3.63) is 76.6 Å². The topological polar surface area (TPSA) is 82.2 Å². The molecule has 0 aliphatic rings. The predicted molar refractivity (Wildman–Crippen MR) is 95.3 cm³/mol. The van der Waals surface area contributed by atoms with Gasteiger partial charge in [-0.05, 0) is 30.7 Å². The van der Waals surface area contributed by atoms with E-state index in [1.54, 1.807) is 18.3 Å². The van der Waals surface area contributed by atoms with Crippen LogP contribution in [0.15, 0.2) is 60.9 Å². The second-order valence-electron chi connectivity index (χ2n) is 5.52. The fraction of sp³-hybridized carbons (Fsp3) is 0.167. The second-order valence-corrected chi connectivity index (χ2v) is 5.52. The molecule has 128 valence electrons. The summed E-state index contributed by atoms with van der Waals surface area (Å²) in [6.07, 6.45) is 3.62. The minimum atomic E-state index is -0.459. The van der Waals surface area contributed by atoms with E-state index in [0.717, 1.165) is 16.9 Å². The summed E-state index contributed by atoms with van der Waals surface area (Å²) in [5, 5.41) is 18.7. The molecule has 3 rings (SSSR count). The van der Waals surface area contributed by atoms with E-state index in [0.29, 0.717) is 0 Å². The summed E-state index contributed by atoms with van der Waals surface area (Å²) in [6.45, 7) is 2.02. The second kappa shape index (κ2) is 7.04. The molecule has 0 fully saturated rings. The predicted octanol–water partition coefficient (Wildman–Crippen LogP) is 3.96. The Bertz CT molecular complexity index is 878. The van der Waals surface area contributed by atoms with Crippen LogP contribution in [-0.4, -0.2) is 21.8 Å². The van der Waals surface area contributed by atoms with Crippen LogP contribution in [0.2, 0.25) is 0 Å². The number of aromatic nitrogens is 2. The molecule has 3 aromatic rings. The van der Waals surface area contributed by atoms with E-state index in [2.05, 4.69) is 10.4 Å². The molecule has 1 atom stereocenters. The zero-order chi connectivity index (χ0) is 17.8. The molecule has 0 aliphatic heterocycles. The van der Waals surface area contributed by atoms with Crippen LogP contribution in [-0.2, 0) is 0 Å². The van der Waals surface area contributed by atoms with Gasteiger partial charge in [0.25, 0.3) is 0 Å². The van der Waals surface area contributed by atoms with E-state index in [9.17, 15) is 10.1 Å². The Morgan fingerprint density at radius 1 is 1.24 bits per heavy atom. The minimum absolute atomic E-state index is 0.0356. The number of nitrogens with one attached hydrogen (secondary N) is 1. The molecule has 1 heterocycles. The van der Waals surface area contributed by atoms with Crippen molar-refractivity contribution < 1.29 is 9.66 Å². The van der Waals surface area contributed by atoms with Gasteiger partial charge in [-0.1, -0.05) is 18.2 Å². The number of nitro benzene ring substituents is 1. The first-order chi connectivity index (χ1) is 12.1. The van der Waals surface area contributed by atoms with Gasteiger partial charge in [-0.25, -0.2) is 4.68 Å². The molecule has 1 N–H and O–H groups in total. The molecular weight excluding hydrogens is 320 g/mol. The lowest BCUT2D eigenvalue weighted by molar-refractivity contribution is -0.385. The molecule has 7 heteroatoms. The number of ether oxygens (including phenoxy) is 1. The van der Waals surface area contributed by atoms with Gasteiger partial charge in [-0.15, -0.1) is 0 Å². The van der Waals surface area contributed by atoms with Gasteiger partial charge < -0.3 is 10.1 Å². The summed E-state index contributed by atoms with van der Waals surface area (Å²) in [7, 11) is 1.42. The molecule has 0 amide bonds. The Labute approximate surface area is 145 Å². The third-order valence-corrected chi connectivity index (χ3v) is 3.91. The highest BCUT2D eigenvalue weighted by Gasteiger charge is 2.17. The Morgan fingerprint density at radius 3 is 2.72 bits per heavy atom. The maximum Gasteiger partial charge on any atom is 0.311 e. The number of methoxy groups -OCH3 is 1. The van der Waals surface area contributed by atoms with Crippen molar-refractivity contribution in [1.29, 1.82) is 0 Å². The van der Waals surface area contributed by atoms with Crippen LogP contribution >= 0.6 is 0 Å². The van der Waals surface area contributed by atoms with E-state index in [1.807, 2.05) is 48.1 Å². The zero-order valence-corrected chi connectivity index (χ0v) is 13.9. The quantitative estimate of drug-likeness (QED) is 0.543. The van der Waals surface area contributed by atoms with Crippen molar-refractivity contribution in [2.45, 2.75) is 13.0 Å². The Hall–Kier alpha value is -3.35. The number of nitrogens with zero attached hydrogens (tertiary/aromatic N) is 3. The summed E-state index contributed by atoms with van der Waals surface area (Å²) in [5.41, 5.74) is 2.72. The molecule has 0 spiro atoms. The highest BCUT2D eigenvalue weighted by molar-refractivity contribution is 5.59. The largest absolute Gasteiger partial charge is 0.490 e. The van der Waals surface area contributed by atoms with Gasteiger partial charge in [-0.2, -0.15) is 5.10 Å². The Balaban J connectivity index is 1.89. The highest BCUT2D eigenvalue weighted by atomic mass is 16.6. The van der Waals surface area contributed by atoms with E-state index >= 15 is 0 Å². The fourth-order valence-corrected chi connectivity index (χ4v) is 2.72. The molecular formula is C18H18N4O3. The first-order valence-corrected chi connectivity index (χ1v) is 7.78. The number of hydrogen-bond donors (Lipinski definition) is 1. The van der Waals surface area contributed by atoms with Crippen LogP contribution in [0.4, 0.5) is 11.4 Å². The van der Waals surface area contributed by atoms with Gasteiger partial charge in [0.05, 0.1) is 23.8 Å². The van der Waals surface area contributed by atoms with Gasteiger partial charge in [-0.3, -0.25) is 10.1 Å². The van der Waals surface area contributed by atoms with Crippen molar-refractivity contribution in [1.82, 2.24) is 9.78 Å². The minimum Gasteiger partial charge on any atom is -0.490 e. The SMILES string of the molecule is COc1cc(NC(C)c2ccccc2-n2cccn2)ccc1[N+](=O)[O-]. The van der Waals surface area contributed by atoms with Crippen molar-refractivity contribution in [2.24, 2.45) is 0 Å². The molecule has 7 nitrogen and oxygen atoms in total. The molecule has 25 heavy (non-hydrogen) atoms. The summed E-state index contributed by atoms with van der Waals surface area (Å²) in [4.78, 5) is 10.5. The van der Waals surface area contributed by atoms with Gasteiger partial charge in [0.2, 0.25) is 0 Å². The van der Waals surface area contributed by atoms with Crippen molar-refractivity contribution >= 4 is 11.4 Å². The number of rotatable bonds is 6. The van der Waals surface area contributed by atoms with E-state index in [1.165, 1.54) is 13.2 Å². The Morgan fingerprint density at radius 2 is 2.04 bits per heavy atom. The number of nitro groups is 1. The number of hydrogen-bond acceptors (Lipinski definition) is 5. The molecule has 0 aliphatic carbocycles. The summed E-state index contributed by atoms with van der Waals surface area (Å²) >= 11 is 0. The van der Waals surface area contributed by atoms with Crippen molar-refractivity contribution in [2.75, 3.05) is 12.4 Å². The van der Waals surface area contributed by atoms with E-state index in [-0.39, 0.29) is 17.5 Å². The standard InChI is InChI=1S/C18H18N4O3/c1-13(15-6-3-4-7-16(15)21-11-5-10-19-21)20-14-8-9-17(22(23)24)18(12-14)25-2/h3-13,20H,1-2H3. The average molecular weight is 338 g/mol. The van der Waals surface area contributed by atoms with Crippen LogP contribution in [0.3, 0.4) is 0 Å². The number of anilines is 1. The van der Waals surface area contributed by atoms with Gasteiger partial charge >= 0.3 is 5.69 Å². The van der Waals surface area contributed by atoms with E-state index in [4.69, 9.17) is 4.74 Å². The maximum absolute atomic E-state index is 11.0. The van der Waals surface area contributed by atoms with Crippen LogP contribution in [0.25, 0.3) is 5.69 Å². The van der Waals surface area contributed by atoms with E-state index < -0.39 is 4.92 Å². The maximum atomic E-state index is 11.0. The van der Waals surface area contributed by atoms with Gasteiger partial charge in [0.15, 0.2) is 5.75 Å². The molecule has 1 unspecified atom stereocenters. The van der Waals surface area contributed by atoms with Gasteiger partial charge in [0, 0.05) is 30.2 Å². The van der Waals surface area contributed by atoms with Crippen LogP contribution < -0.4 is 10.1 Å². The molecule has 0 saturated heterocycles. The lowest BCUT2D eigenvalue weighted by atomic mass is 10.1. The lowest BCUT2D eigenvalue weighted by Crippen LogP contribution is -2.11. The summed E-state index contributed by atoms with van der Waals surface area (Å²) < 4.78 is 6.93. The monoisotopic (exact) mass is 338 g/mol. The third-order valence-electron chi connectivity index (χ3n) is 3.91. The zero-order valence-electron chi connectivity index (χ0n) is 13.9. The fourth-order valence-electron chi connectivity index (χ4n) is 2.72. The van der Waals surface area contributed by atoms with Crippen molar-refractivity contribution in [3.63, 3.8) is 0 Å². The summed E-state index contributed by atoms with van der Waals surface area (Å²) in [5.74, 6) is 0.225. The van der Waals surface area contributed by atoms with Gasteiger partial charge in [0.1, 0.15) is 0 Å². The van der Waals surface area contributed by atoms with Crippen LogP contribution in [0, 0.1) is 10.1 Å². The molecule has 0 radical (unpaired) electrons. The first-order valence-electron chi connectivity index (χ1n) is 7.78. The average Bonchev–Trinajstić information content (AvgIpc) is 3.15. The lowest BCUT2D eigenvalue weighted by Gasteiger charge is -2.19. The van der Waals surface area contributed by atoms with Crippen LogP contribution in [0.1, 0.15) is 18.5 Å². The Kier molecular flexibility index (Phi) is 4.65. The molecule has 2 aromatic carbocycles. The molecule has 0 bridgehead atoms. The number of benzene rings is 2.